The number of piperazine rings is 1. The topological polar surface area (TPSA) is 62.1 Å². The predicted molar refractivity (Wildman–Crippen MR) is 90.6 cm³/mol. The highest BCUT2D eigenvalue weighted by Crippen LogP contribution is 2.23. The van der Waals surface area contributed by atoms with Crippen molar-refractivity contribution in [3.8, 4) is 0 Å². The molecule has 2 aromatic rings. The van der Waals surface area contributed by atoms with Gasteiger partial charge in [0, 0.05) is 39.8 Å². The zero-order chi connectivity index (χ0) is 15.6. The molecule has 0 saturated carbocycles. The minimum Gasteiger partial charge on any atom is -0.353 e. The van der Waals surface area contributed by atoms with Gasteiger partial charge >= 0.3 is 0 Å². The van der Waals surface area contributed by atoms with Gasteiger partial charge in [0.25, 0.3) is 0 Å². The summed E-state index contributed by atoms with van der Waals surface area (Å²) in [5.41, 5.74) is 0.909. The lowest BCUT2D eigenvalue weighted by molar-refractivity contribution is 0.196. The van der Waals surface area contributed by atoms with Gasteiger partial charge in [-0.05, 0) is 31.8 Å². The summed E-state index contributed by atoms with van der Waals surface area (Å²) < 4.78 is 1.81. The molecule has 0 radical (unpaired) electrons. The van der Waals surface area contributed by atoms with Gasteiger partial charge in [0.05, 0.1) is 11.6 Å². The van der Waals surface area contributed by atoms with E-state index in [9.17, 15) is 0 Å². The highest BCUT2D eigenvalue weighted by Gasteiger charge is 2.23. The quantitative estimate of drug-likeness (QED) is 0.889. The predicted octanol–water partition coefficient (Wildman–Crippen LogP) is 0.485. The summed E-state index contributed by atoms with van der Waals surface area (Å²) >= 11 is 0. The van der Waals surface area contributed by atoms with E-state index in [-0.39, 0.29) is 0 Å². The third-order valence-corrected chi connectivity index (χ3v) is 5.16. The van der Waals surface area contributed by atoms with Crippen LogP contribution >= 0.6 is 0 Å². The number of rotatable bonds is 3. The van der Waals surface area contributed by atoms with E-state index in [1.807, 2.05) is 17.9 Å². The van der Waals surface area contributed by atoms with Gasteiger partial charge < -0.3 is 10.2 Å². The number of anilines is 1. The van der Waals surface area contributed by atoms with Crippen molar-refractivity contribution < 1.29 is 0 Å². The number of nitrogens with one attached hydrogen (secondary N) is 1. The first-order valence-electron chi connectivity index (χ1n) is 8.62. The molecule has 2 fully saturated rings. The van der Waals surface area contributed by atoms with Crippen LogP contribution in [0, 0.1) is 5.92 Å². The Bertz CT molecular complexity index is 653. The van der Waals surface area contributed by atoms with Gasteiger partial charge in [0.2, 0.25) is 0 Å². The second-order valence-electron chi connectivity index (χ2n) is 6.68. The zero-order valence-electron chi connectivity index (χ0n) is 13.8. The van der Waals surface area contributed by atoms with Gasteiger partial charge in [-0.25, -0.2) is 9.97 Å². The Morgan fingerprint density at radius 1 is 1.13 bits per heavy atom. The standard InChI is InChI=1S/C16H25N7/c1-21-15-14(10-20-21)16(19-12-18-15)23-8-6-22(7-9-23)11-13-2-4-17-5-3-13/h10,12-13,17H,2-9,11H2,1H3. The van der Waals surface area contributed by atoms with E-state index in [1.54, 1.807) is 6.33 Å². The number of nitrogens with zero attached hydrogens (tertiary/aromatic N) is 6. The average Bonchev–Trinajstić information content (AvgIpc) is 2.98. The number of aromatic nitrogens is 4. The Hall–Kier alpha value is -1.73. The first-order valence-corrected chi connectivity index (χ1v) is 8.62. The third kappa shape index (κ3) is 3.03. The Kier molecular flexibility index (Phi) is 4.13. The van der Waals surface area contributed by atoms with Crippen LogP contribution in [-0.2, 0) is 7.05 Å². The molecule has 2 aliphatic heterocycles. The van der Waals surface area contributed by atoms with Crippen molar-refractivity contribution in [2.45, 2.75) is 12.8 Å². The highest BCUT2D eigenvalue weighted by atomic mass is 15.3. The first-order chi connectivity index (χ1) is 11.3. The van der Waals surface area contributed by atoms with E-state index >= 15 is 0 Å². The molecule has 0 unspecified atom stereocenters. The fourth-order valence-electron chi connectivity index (χ4n) is 3.77. The molecule has 0 bridgehead atoms. The lowest BCUT2D eigenvalue weighted by atomic mass is 9.97. The molecule has 0 aromatic carbocycles. The van der Waals surface area contributed by atoms with Gasteiger partial charge in [-0.3, -0.25) is 9.58 Å². The van der Waals surface area contributed by atoms with Crippen molar-refractivity contribution in [2.24, 2.45) is 13.0 Å². The van der Waals surface area contributed by atoms with Crippen LogP contribution in [0.4, 0.5) is 5.82 Å². The molecule has 7 heteroatoms. The Balaban J connectivity index is 1.40. The van der Waals surface area contributed by atoms with Crippen LogP contribution in [0.3, 0.4) is 0 Å². The molecule has 4 rings (SSSR count). The lowest BCUT2D eigenvalue weighted by Crippen LogP contribution is -2.49. The van der Waals surface area contributed by atoms with Gasteiger partial charge in [0.15, 0.2) is 5.65 Å². The fourth-order valence-corrected chi connectivity index (χ4v) is 3.77. The van der Waals surface area contributed by atoms with E-state index in [2.05, 4.69) is 30.2 Å². The number of piperidine rings is 1. The van der Waals surface area contributed by atoms with Crippen LogP contribution in [0.5, 0.6) is 0 Å². The Labute approximate surface area is 136 Å². The van der Waals surface area contributed by atoms with E-state index in [0.717, 1.165) is 48.9 Å². The number of hydrogen-bond donors (Lipinski definition) is 1. The van der Waals surface area contributed by atoms with E-state index < -0.39 is 0 Å². The molecule has 0 spiro atoms. The molecule has 0 aliphatic carbocycles. The summed E-state index contributed by atoms with van der Waals surface area (Å²) in [6, 6.07) is 0. The second kappa shape index (κ2) is 6.41. The van der Waals surface area contributed by atoms with E-state index in [4.69, 9.17) is 0 Å². The van der Waals surface area contributed by atoms with Crippen LogP contribution in [0.15, 0.2) is 12.5 Å². The summed E-state index contributed by atoms with van der Waals surface area (Å²) in [7, 11) is 1.93. The van der Waals surface area contributed by atoms with Gasteiger partial charge in [0.1, 0.15) is 12.1 Å². The minimum atomic E-state index is 0.867. The molecule has 1 N–H and O–H groups in total. The maximum absolute atomic E-state index is 4.52. The number of aryl methyl sites for hydroxylation is 1. The molecular weight excluding hydrogens is 290 g/mol. The summed E-state index contributed by atoms with van der Waals surface area (Å²) in [6.07, 6.45) is 6.18. The van der Waals surface area contributed by atoms with E-state index in [0.29, 0.717) is 0 Å². The molecule has 0 amide bonds. The van der Waals surface area contributed by atoms with E-state index in [1.165, 1.54) is 32.5 Å². The molecule has 2 aromatic heterocycles. The molecule has 23 heavy (non-hydrogen) atoms. The van der Waals surface area contributed by atoms with Crippen molar-refractivity contribution in [1.29, 1.82) is 0 Å². The van der Waals surface area contributed by atoms with Crippen molar-refractivity contribution >= 4 is 16.9 Å². The van der Waals surface area contributed by atoms with Gasteiger partial charge in [-0.15, -0.1) is 0 Å². The van der Waals surface area contributed by atoms with Gasteiger partial charge in [-0.1, -0.05) is 0 Å². The smallest absolute Gasteiger partial charge is 0.163 e. The summed E-state index contributed by atoms with van der Waals surface area (Å²) in [4.78, 5) is 13.9. The van der Waals surface area contributed by atoms with Crippen LogP contribution in [0.2, 0.25) is 0 Å². The van der Waals surface area contributed by atoms with Crippen molar-refractivity contribution in [1.82, 2.24) is 30.0 Å². The van der Waals surface area contributed by atoms with Crippen LogP contribution < -0.4 is 10.2 Å². The van der Waals surface area contributed by atoms with Crippen molar-refractivity contribution in [3.63, 3.8) is 0 Å². The monoisotopic (exact) mass is 315 g/mol. The Morgan fingerprint density at radius 2 is 1.91 bits per heavy atom. The number of fused-ring (bicyclic) bond motifs is 1. The highest BCUT2D eigenvalue weighted by molar-refractivity contribution is 5.86. The largest absolute Gasteiger partial charge is 0.353 e. The Morgan fingerprint density at radius 3 is 2.70 bits per heavy atom. The van der Waals surface area contributed by atoms with Crippen LogP contribution in [0.25, 0.3) is 11.0 Å². The lowest BCUT2D eigenvalue weighted by Gasteiger charge is -2.37. The van der Waals surface area contributed by atoms with Gasteiger partial charge in [-0.2, -0.15) is 5.10 Å². The fraction of sp³-hybridized carbons (Fsp3) is 0.688. The molecule has 7 nitrogen and oxygen atoms in total. The molecule has 2 aliphatic rings. The molecule has 124 valence electrons. The average molecular weight is 315 g/mol. The van der Waals surface area contributed by atoms with Crippen molar-refractivity contribution in [3.05, 3.63) is 12.5 Å². The summed E-state index contributed by atoms with van der Waals surface area (Å²) in [6.45, 7) is 7.93. The molecular formula is C16H25N7. The SMILES string of the molecule is Cn1ncc2c(N3CCN(CC4CCNCC4)CC3)ncnc21. The molecule has 2 saturated heterocycles. The summed E-state index contributed by atoms with van der Waals surface area (Å²) in [5, 5.41) is 8.82. The summed E-state index contributed by atoms with van der Waals surface area (Å²) in [5.74, 6) is 1.90. The minimum absolute atomic E-state index is 0.867. The van der Waals surface area contributed by atoms with Crippen LogP contribution in [-0.4, -0.2) is 70.5 Å². The second-order valence-corrected chi connectivity index (χ2v) is 6.68. The molecule has 0 atom stereocenters. The third-order valence-electron chi connectivity index (χ3n) is 5.16. The molecule has 4 heterocycles. The van der Waals surface area contributed by atoms with Crippen LogP contribution in [0.1, 0.15) is 12.8 Å². The first kappa shape index (κ1) is 14.8. The van der Waals surface area contributed by atoms with Crippen molar-refractivity contribution in [2.75, 3.05) is 50.7 Å². The normalized spacial score (nSPS) is 21.2. The zero-order valence-corrected chi connectivity index (χ0v) is 13.8. The number of hydrogen-bond acceptors (Lipinski definition) is 6. The maximum Gasteiger partial charge on any atom is 0.163 e. The maximum atomic E-state index is 4.52.